The Kier molecular flexibility index (Phi) is 5.94. The van der Waals surface area contributed by atoms with Gasteiger partial charge in [0.25, 0.3) is 10.0 Å². The molecule has 2 aliphatic rings. The molecule has 1 aromatic rings. The van der Waals surface area contributed by atoms with Crippen molar-refractivity contribution in [2.45, 2.75) is 97.3 Å². The van der Waals surface area contributed by atoms with Crippen LogP contribution in [0.4, 0.5) is 0 Å². The summed E-state index contributed by atoms with van der Waals surface area (Å²) in [6.07, 6.45) is 3.25. The monoisotopic (exact) mass is 418 g/mol. The van der Waals surface area contributed by atoms with Crippen LogP contribution in [0.2, 0.25) is 0 Å². The summed E-state index contributed by atoms with van der Waals surface area (Å²) >= 11 is 0. The van der Waals surface area contributed by atoms with Gasteiger partial charge in [-0.3, -0.25) is 0 Å². The Balaban J connectivity index is 1.97. The van der Waals surface area contributed by atoms with Crippen molar-refractivity contribution >= 4 is 15.7 Å². The molecule has 29 heavy (non-hydrogen) atoms. The van der Waals surface area contributed by atoms with Gasteiger partial charge in [-0.05, 0) is 65.0 Å². The van der Waals surface area contributed by atoms with E-state index in [4.69, 9.17) is 0 Å². The summed E-state index contributed by atoms with van der Waals surface area (Å²) in [4.78, 5) is 3.05. The molecule has 0 saturated heterocycles. The fourth-order valence-electron chi connectivity index (χ4n) is 5.05. The van der Waals surface area contributed by atoms with Crippen LogP contribution in [-0.2, 0) is 10.0 Å². The summed E-state index contributed by atoms with van der Waals surface area (Å²) < 4.78 is 26.8. The minimum absolute atomic E-state index is 0.120. The molecule has 0 amide bonds. The second-order valence-corrected chi connectivity index (χ2v) is 12.4. The van der Waals surface area contributed by atoms with Gasteiger partial charge in [0.1, 0.15) is 0 Å². The first-order chi connectivity index (χ1) is 13.3. The van der Waals surface area contributed by atoms with Gasteiger partial charge in [0.2, 0.25) is 0 Å². The minimum atomic E-state index is -3.72. The highest BCUT2D eigenvalue weighted by atomic mass is 32.2. The third-order valence-corrected chi connectivity index (χ3v) is 8.05. The molecule has 5 heteroatoms. The second-order valence-electron chi connectivity index (χ2n) is 10.8. The number of hydrazone groups is 1. The van der Waals surface area contributed by atoms with Gasteiger partial charge in [0.15, 0.2) is 0 Å². The van der Waals surface area contributed by atoms with E-state index < -0.39 is 10.0 Å². The van der Waals surface area contributed by atoms with E-state index in [0.717, 1.165) is 29.7 Å². The van der Waals surface area contributed by atoms with Crippen molar-refractivity contribution in [3.8, 4) is 0 Å². The zero-order chi connectivity index (χ0) is 21.7. The average molecular weight is 419 g/mol. The Bertz CT molecular complexity index is 882. The lowest BCUT2D eigenvalue weighted by Gasteiger charge is -2.32. The molecule has 2 saturated carbocycles. The van der Waals surface area contributed by atoms with Crippen molar-refractivity contribution in [2.75, 3.05) is 0 Å². The lowest BCUT2D eigenvalue weighted by atomic mass is 9.74. The molecule has 4 nitrogen and oxygen atoms in total. The molecule has 1 N–H and O–H groups in total. The molecule has 2 atom stereocenters. The maximum Gasteiger partial charge on any atom is 0.277 e. The Morgan fingerprint density at radius 3 is 1.97 bits per heavy atom. The molecule has 162 valence electrons. The average Bonchev–Trinajstić information content (AvgIpc) is 2.84. The first-order valence-electron chi connectivity index (χ1n) is 11.1. The van der Waals surface area contributed by atoms with Crippen LogP contribution in [0.5, 0.6) is 0 Å². The van der Waals surface area contributed by atoms with E-state index in [1.165, 1.54) is 12.0 Å². The van der Waals surface area contributed by atoms with Crippen LogP contribution < -0.4 is 4.83 Å². The predicted molar refractivity (Wildman–Crippen MR) is 121 cm³/mol. The second kappa shape index (κ2) is 7.72. The largest absolute Gasteiger partial charge is 0.277 e. The Labute approximate surface area is 177 Å². The number of hydrogen-bond donors (Lipinski definition) is 1. The summed E-state index contributed by atoms with van der Waals surface area (Å²) in [6, 6.07) is 4.14. The first kappa shape index (κ1) is 22.3. The highest BCUT2D eigenvalue weighted by Crippen LogP contribution is 2.53. The Hall–Kier alpha value is -1.36. The molecule has 2 aliphatic carbocycles. The zero-order valence-corrected chi connectivity index (χ0v) is 20.2. The summed E-state index contributed by atoms with van der Waals surface area (Å²) in [5, 5.41) is 4.42. The van der Waals surface area contributed by atoms with E-state index in [9.17, 15) is 8.42 Å². The standard InChI is InChI=1S/C24H38N2O2S/c1-14(2)17-9-19(15(3)4)23(20(10-17)16(5)6)29(27,28)26-25-22-11-18-12-24(7,8)13-21(18)22/h9-10,14-16,18,21,26H,11-13H2,1-8H3/b25-22+. The number of benzene rings is 1. The van der Waals surface area contributed by atoms with E-state index in [0.29, 0.717) is 28.1 Å². The van der Waals surface area contributed by atoms with Gasteiger partial charge in [-0.15, -0.1) is 0 Å². The Morgan fingerprint density at radius 1 is 0.966 bits per heavy atom. The molecule has 0 spiro atoms. The molecule has 1 aromatic carbocycles. The van der Waals surface area contributed by atoms with Gasteiger partial charge >= 0.3 is 0 Å². The highest BCUT2D eigenvalue weighted by Gasteiger charge is 2.48. The third-order valence-electron chi connectivity index (χ3n) is 6.71. The van der Waals surface area contributed by atoms with Gasteiger partial charge in [0.05, 0.1) is 4.90 Å². The topological polar surface area (TPSA) is 58.5 Å². The van der Waals surface area contributed by atoms with E-state index in [1.54, 1.807) is 0 Å². The number of sulfonamides is 1. The summed E-state index contributed by atoms with van der Waals surface area (Å²) in [7, 11) is -3.72. The van der Waals surface area contributed by atoms with E-state index >= 15 is 0 Å². The molecule has 0 heterocycles. The van der Waals surface area contributed by atoms with Gasteiger partial charge < -0.3 is 0 Å². The van der Waals surface area contributed by atoms with Gasteiger partial charge in [-0.25, -0.2) is 4.83 Å². The van der Waals surface area contributed by atoms with Crippen molar-refractivity contribution < 1.29 is 8.42 Å². The third kappa shape index (κ3) is 4.40. The van der Waals surface area contributed by atoms with Crippen molar-refractivity contribution in [2.24, 2.45) is 22.4 Å². The molecule has 0 bridgehead atoms. The van der Waals surface area contributed by atoms with Gasteiger partial charge in [-0.1, -0.05) is 67.5 Å². The summed E-state index contributed by atoms with van der Waals surface area (Å²) in [5.41, 5.74) is 4.34. The quantitative estimate of drug-likeness (QED) is 0.563. The normalized spacial score (nSPS) is 25.0. The van der Waals surface area contributed by atoms with Crippen LogP contribution >= 0.6 is 0 Å². The van der Waals surface area contributed by atoms with E-state index in [1.807, 2.05) is 0 Å². The lowest BCUT2D eigenvalue weighted by molar-refractivity contribution is 0.363. The van der Waals surface area contributed by atoms with Crippen molar-refractivity contribution in [1.29, 1.82) is 0 Å². The Morgan fingerprint density at radius 2 is 1.52 bits per heavy atom. The first-order valence-corrected chi connectivity index (χ1v) is 12.6. The molecular weight excluding hydrogens is 380 g/mol. The number of fused-ring (bicyclic) bond motifs is 1. The van der Waals surface area contributed by atoms with Gasteiger partial charge in [0, 0.05) is 11.6 Å². The summed E-state index contributed by atoms with van der Waals surface area (Å²) in [5.74, 6) is 1.72. The van der Waals surface area contributed by atoms with Crippen LogP contribution in [0.3, 0.4) is 0 Å². The van der Waals surface area contributed by atoms with E-state index in [2.05, 4.69) is 77.5 Å². The number of hydrogen-bond acceptors (Lipinski definition) is 3. The van der Waals surface area contributed by atoms with Crippen LogP contribution in [-0.4, -0.2) is 14.1 Å². The highest BCUT2D eigenvalue weighted by molar-refractivity contribution is 7.89. The summed E-state index contributed by atoms with van der Waals surface area (Å²) in [6.45, 7) is 17.1. The molecule has 3 rings (SSSR count). The number of nitrogens with one attached hydrogen (secondary N) is 1. The minimum Gasteiger partial charge on any atom is -0.200 e. The molecule has 2 unspecified atom stereocenters. The maximum atomic E-state index is 13.4. The molecule has 0 aliphatic heterocycles. The number of nitrogens with zero attached hydrogens (tertiary/aromatic N) is 1. The fourth-order valence-corrected chi connectivity index (χ4v) is 6.59. The van der Waals surface area contributed by atoms with Crippen LogP contribution in [0, 0.1) is 17.3 Å². The maximum absolute atomic E-state index is 13.4. The van der Waals surface area contributed by atoms with Crippen molar-refractivity contribution in [3.63, 3.8) is 0 Å². The van der Waals surface area contributed by atoms with E-state index in [-0.39, 0.29) is 11.8 Å². The number of rotatable bonds is 6. The van der Waals surface area contributed by atoms with Crippen molar-refractivity contribution in [3.05, 3.63) is 28.8 Å². The van der Waals surface area contributed by atoms with Crippen LogP contribution in [0.15, 0.2) is 22.1 Å². The predicted octanol–water partition coefficient (Wildman–Crippen LogP) is 6.15. The molecule has 0 radical (unpaired) electrons. The fraction of sp³-hybridized carbons (Fsp3) is 0.708. The van der Waals surface area contributed by atoms with Crippen molar-refractivity contribution in [1.82, 2.24) is 4.83 Å². The molecular formula is C24H38N2O2S. The van der Waals surface area contributed by atoms with Crippen LogP contribution in [0.1, 0.15) is 109 Å². The SMILES string of the molecule is CC(C)c1cc(C(C)C)c(S(=O)(=O)N/N=C2\CC3CC(C)(C)CC23)c(C(C)C)c1. The molecule has 2 fully saturated rings. The zero-order valence-electron chi connectivity index (χ0n) is 19.3. The molecule has 0 aromatic heterocycles. The van der Waals surface area contributed by atoms with Crippen LogP contribution in [0.25, 0.3) is 0 Å². The van der Waals surface area contributed by atoms with Gasteiger partial charge in [-0.2, -0.15) is 13.5 Å². The smallest absolute Gasteiger partial charge is 0.200 e. The lowest BCUT2D eigenvalue weighted by Crippen LogP contribution is -2.35.